The maximum Gasteiger partial charge on any atom is 0.407 e. The first-order chi connectivity index (χ1) is 11.8. The molecule has 1 N–H and O–H groups in total. The number of rotatable bonds is 2. The lowest BCUT2D eigenvalue weighted by molar-refractivity contribution is 0.0843. The third kappa shape index (κ3) is 3.10. The second-order valence-electron chi connectivity index (χ2n) is 6.61. The van der Waals surface area contributed by atoms with Gasteiger partial charge in [0.1, 0.15) is 11.6 Å². The molecule has 0 bridgehead atoms. The molecule has 0 unspecified atom stereocenters. The summed E-state index contributed by atoms with van der Waals surface area (Å²) in [4.78, 5) is 23.6. The number of anilines is 1. The van der Waals surface area contributed by atoms with Crippen LogP contribution in [-0.4, -0.2) is 61.0 Å². The standard InChI is InChI=1S/C16H19N7O2/c1-16(2)10-22(4-5-23(16)15(24)25)14-11(6-17)7-18-13(20-14)12-8-19-21(3)9-12/h7-9H,4-5,10H2,1-3H3,(H,24,25). The zero-order valence-electron chi connectivity index (χ0n) is 14.3. The average molecular weight is 341 g/mol. The minimum absolute atomic E-state index is 0.347. The number of amides is 1. The fraction of sp³-hybridized carbons (Fsp3) is 0.438. The first-order valence-electron chi connectivity index (χ1n) is 7.83. The minimum atomic E-state index is -0.941. The van der Waals surface area contributed by atoms with E-state index in [1.807, 2.05) is 25.8 Å². The summed E-state index contributed by atoms with van der Waals surface area (Å²) in [6, 6.07) is 2.12. The summed E-state index contributed by atoms with van der Waals surface area (Å²) in [5.74, 6) is 1.01. The molecule has 1 fully saturated rings. The van der Waals surface area contributed by atoms with Crippen molar-refractivity contribution in [3.05, 3.63) is 24.2 Å². The Morgan fingerprint density at radius 2 is 2.12 bits per heavy atom. The zero-order chi connectivity index (χ0) is 18.2. The van der Waals surface area contributed by atoms with Gasteiger partial charge in [0.25, 0.3) is 0 Å². The lowest BCUT2D eigenvalue weighted by Gasteiger charge is -2.46. The van der Waals surface area contributed by atoms with Crippen LogP contribution in [0.5, 0.6) is 0 Å². The average Bonchev–Trinajstić information content (AvgIpc) is 2.99. The highest BCUT2D eigenvalue weighted by atomic mass is 16.4. The molecule has 0 atom stereocenters. The highest BCUT2D eigenvalue weighted by molar-refractivity contribution is 5.67. The van der Waals surface area contributed by atoms with Crippen LogP contribution in [0.25, 0.3) is 11.4 Å². The second kappa shape index (κ2) is 6.05. The van der Waals surface area contributed by atoms with Crippen molar-refractivity contribution < 1.29 is 9.90 Å². The summed E-state index contributed by atoms with van der Waals surface area (Å²) in [5.41, 5.74) is 0.542. The fourth-order valence-corrected chi connectivity index (χ4v) is 3.06. The molecule has 0 aromatic carbocycles. The SMILES string of the molecule is Cn1cc(-c2ncc(C#N)c(N3CCN(C(=O)O)C(C)(C)C3)n2)cn1. The topological polar surface area (TPSA) is 111 Å². The number of nitrogens with zero attached hydrogens (tertiary/aromatic N) is 7. The molecule has 0 aliphatic carbocycles. The van der Waals surface area contributed by atoms with Crippen molar-refractivity contribution in [2.45, 2.75) is 19.4 Å². The van der Waals surface area contributed by atoms with Gasteiger partial charge in [-0.15, -0.1) is 0 Å². The van der Waals surface area contributed by atoms with Crippen molar-refractivity contribution in [3.8, 4) is 17.5 Å². The van der Waals surface area contributed by atoms with Crippen molar-refractivity contribution in [1.82, 2.24) is 24.6 Å². The van der Waals surface area contributed by atoms with Gasteiger partial charge in [-0.2, -0.15) is 10.4 Å². The summed E-state index contributed by atoms with van der Waals surface area (Å²) in [7, 11) is 1.81. The van der Waals surface area contributed by atoms with E-state index in [-0.39, 0.29) is 0 Å². The van der Waals surface area contributed by atoms with Gasteiger partial charge in [0.15, 0.2) is 11.6 Å². The Bertz CT molecular complexity index is 852. The summed E-state index contributed by atoms with van der Waals surface area (Å²) in [6.07, 6.45) is 4.03. The number of carbonyl (C=O) groups is 1. The van der Waals surface area contributed by atoms with E-state index in [0.29, 0.717) is 36.8 Å². The normalized spacial score (nSPS) is 16.6. The van der Waals surface area contributed by atoms with E-state index in [0.717, 1.165) is 5.56 Å². The molecule has 2 aromatic heterocycles. The molecule has 0 radical (unpaired) electrons. The van der Waals surface area contributed by atoms with Crippen molar-refractivity contribution >= 4 is 11.9 Å². The van der Waals surface area contributed by atoms with Gasteiger partial charge in [-0.3, -0.25) is 9.58 Å². The van der Waals surface area contributed by atoms with Gasteiger partial charge in [-0.05, 0) is 13.8 Å². The van der Waals surface area contributed by atoms with E-state index < -0.39 is 11.6 Å². The minimum Gasteiger partial charge on any atom is -0.465 e. The molecule has 3 rings (SSSR count). The molecule has 3 heterocycles. The van der Waals surface area contributed by atoms with Gasteiger partial charge in [0.2, 0.25) is 0 Å². The molecule has 130 valence electrons. The van der Waals surface area contributed by atoms with Gasteiger partial charge < -0.3 is 10.0 Å². The van der Waals surface area contributed by atoms with Crippen LogP contribution in [0.1, 0.15) is 19.4 Å². The summed E-state index contributed by atoms with van der Waals surface area (Å²) in [5, 5.41) is 22.9. The molecule has 0 saturated carbocycles. The number of aromatic nitrogens is 4. The number of aryl methyl sites for hydroxylation is 1. The first-order valence-corrected chi connectivity index (χ1v) is 7.83. The fourth-order valence-electron chi connectivity index (χ4n) is 3.06. The Balaban J connectivity index is 1.96. The number of nitriles is 1. The third-order valence-corrected chi connectivity index (χ3v) is 4.28. The van der Waals surface area contributed by atoms with Gasteiger partial charge >= 0.3 is 6.09 Å². The van der Waals surface area contributed by atoms with E-state index in [9.17, 15) is 15.2 Å². The van der Waals surface area contributed by atoms with E-state index in [1.54, 1.807) is 17.1 Å². The molecule has 9 nitrogen and oxygen atoms in total. The zero-order valence-corrected chi connectivity index (χ0v) is 14.3. The summed E-state index contributed by atoms with van der Waals surface area (Å²) in [6.45, 7) is 4.98. The monoisotopic (exact) mass is 341 g/mol. The van der Waals surface area contributed by atoms with Crippen molar-refractivity contribution in [3.63, 3.8) is 0 Å². The van der Waals surface area contributed by atoms with Crippen LogP contribution < -0.4 is 4.90 Å². The first kappa shape index (κ1) is 16.7. The number of piperazine rings is 1. The lowest BCUT2D eigenvalue weighted by atomic mass is 9.99. The molecular formula is C16H19N7O2. The van der Waals surface area contributed by atoms with E-state index in [2.05, 4.69) is 21.1 Å². The third-order valence-electron chi connectivity index (χ3n) is 4.28. The Labute approximate surface area is 145 Å². The molecule has 25 heavy (non-hydrogen) atoms. The van der Waals surface area contributed by atoms with E-state index in [4.69, 9.17) is 0 Å². The van der Waals surface area contributed by atoms with Crippen LogP contribution in [-0.2, 0) is 7.05 Å². The highest BCUT2D eigenvalue weighted by Crippen LogP contribution is 2.28. The largest absolute Gasteiger partial charge is 0.465 e. The van der Waals surface area contributed by atoms with Crippen molar-refractivity contribution in [2.24, 2.45) is 7.05 Å². The molecule has 1 saturated heterocycles. The van der Waals surface area contributed by atoms with Gasteiger partial charge in [0.05, 0.1) is 23.5 Å². The van der Waals surface area contributed by atoms with Crippen LogP contribution in [0.4, 0.5) is 10.6 Å². The van der Waals surface area contributed by atoms with Crippen LogP contribution in [0.2, 0.25) is 0 Å². The predicted molar refractivity (Wildman–Crippen MR) is 90.0 cm³/mol. The number of hydrogen-bond acceptors (Lipinski definition) is 6. The van der Waals surface area contributed by atoms with Gasteiger partial charge in [0, 0.05) is 32.9 Å². The molecular weight excluding hydrogens is 322 g/mol. The molecule has 1 aliphatic rings. The van der Waals surface area contributed by atoms with Crippen LogP contribution in [0.3, 0.4) is 0 Å². The molecule has 2 aromatic rings. The molecule has 9 heteroatoms. The number of carboxylic acid groups (broad SMARTS) is 1. The molecule has 0 spiro atoms. The Morgan fingerprint density at radius 3 is 2.68 bits per heavy atom. The predicted octanol–water partition coefficient (Wildman–Crippen LogP) is 1.33. The number of hydrogen-bond donors (Lipinski definition) is 1. The van der Waals surface area contributed by atoms with Crippen molar-refractivity contribution in [2.75, 3.05) is 24.5 Å². The smallest absolute Gasteiger partial charge is 0.407 e. The summed E-state index contributed by atoms with van der Waals surface area (Å²) < 4.78 is 1.66. The second-order valence-corrected chi connectivity index (χ2v) is 6.61. The maximum atomic E-state index is 11.4. The molecule has 1 amide bonds. The highest BCUT2D eigenvalue weighted by Gasteiger charge is 2.38. The Kier molecular flexibility index (Phi) is 4.04. The van der Waals surface area contributed by atoms with E-state index in [1.165, 1.54) is 11.1 Å². The Hall–Kier alpha value is -3.15. The maximum absolute atomic E-state index is 11.4. The quantitative estimate of drug-likeness (QED) is 0.877. The van der Waals surface area contributed by atoms with Crippen molar-refractivity contribution in [1.29, 1.82) is 5.26 Å². The molecule has 1 aliphatic heterocycles. The van der Waals surface area contributed by atoms with Gasteiger partial charge in [-0.25, -0.2) is 14.8 Å². The van der Waals surface area contributed by atoms with Crippen LogP contribution >= 0.6 is 0 Å². The lowest BCUT2D eigenvalue weighted by Crippen LogP contribution is -2.61. The Morgan fingerprint density at radius 1 is 1.36 bits per heavy atom. The van der Waals surface area contributed by atoms with Crippen LogP contribution in [0.15, 0.2) is 18.6 Å². The summed E-state index contributed by atoms with van der Waals surface area (Å²) >= 11 is 0. The van der Waals surface area contributed by atoms with Gasteiger partial charge in [-0.1, -0.05) is 0 Å². The van der Waals surface area contributed by atoms with Crippen LogP contribution in [0, 0.1) is 11.3 Å². The van der Waals surface area contributed by atoms with E-state index >= 15 is 0 Å².